The molecule has 1 aromatic heterocycles. The zero-order chi connectivity index (χ0) is 11.4. The molecule has 0 saturated carbocycles. The van der Waals surface area contributed by atoms with Crippen molar-refractivity contribution in [2.75, 3.05) is 36.4 Å². The van der Waals surface area contributed by atoms with Gasteiger partial charge in [-0.1, -0.05) is 0 Å². The zero-order valence-electron chi connectivity index (χ0n) is 9.23. The van der Waals surface area contributed by atoms with Crippen molar-refractivity contribution >= 4 is 17.7 Å². The van der Waals surface area contributed by atoms with Crippen LogP contribution in [0.3, 0.4) is 0 Å². The molecule has 1 fully saturated rings. The van der Waals surface area contributed by atoms with Gasteiger partial charge >= 0.3 is 0 Å². The molecule has 1 aliphatic rings. The summed E-state index contributed by atoms with van der Waals surface area (Å²) in [6.07, 6.45) is 1.70. The molecule has 2 N–H and O–H groups in total. The van der Waals surface area contributed by atoms with Gasteiger partial charge < -0.3 is 15.5 Å². The predicted molar refractivity (Wildman–Crippen MR) is 61.4 cm³/mol. The van der Waals surface area contributed by atoms with Crippen molar-refractivity contribution in [3.63, 3.8) is 0 Å². The van der Waals surface area contributed by atoms with E-state index in [1.54, 1.807) is 6.20 Å². The number of nitrogens with zero attached hydrogens (tertiary/aromatic N) is 3. The molecule has 0 bridgehead atoms. The van der Waals surface area contributed by atoms with Crippen LogP contribution in [-0.2, 0) is 4.79 Å². The average Bonchev–Trinajstić information content (AvgIpc) is 2.30. The Morgan fingerprint density at radius 3 is 3.25 bits per heavy atom. The second-order valence-corrected chi connectivity index (χ2v) is 3.54. The number of hydrogen-bond donors (Lipinski definition) is 2. The fourth-order valence-corrected chi connectivity index (χ4v) is 1.60. The number of carbonyl (C=O) groups is 1. The first-order valence-corrected chi connectivity index (χ1v) is 5.38. The molecule has 0 aliphatic carbocycles. The fourth-order valence-electron chi connectivity index (χ4n) is 1.60. The number of piperazine rings is 1. The van der Waals surface area contributed by atoms with Crippen molar-refractivity contribution < 1.29 is 4.79 Å². The first-order valence-electron chi connectivity index (χ1n) is 5.38. The van der Waals surface area contributed by atoms with Crippen molar-refractivity contribution in [3.8, 4) is 0 Å². The van der Waals surface area contributed by atoms with Crippen molar-refractivity contribution in [3.05, 3.63) is 12.3 Å². The number of hydrogen-bond acceptors (Lipinski definition) is 5. The van der Waals surface area contributed by atoms with Crippen LogP contribution in [0.1, 0.15) is 6.92 Å². The molecule has 1 aliphatic heterocycles. The van der Waals surface area contributed by atoms with Crippen molar-refractivity contribution in [1.82, 2.24) is 15.3 Å². The maximum absolute atomic E-state index is 11.2. The summed E-state index contributed by atoms with van der Waals surface area (Å²) >= 11 is 0. The van der Waals surface area contributed by atoms with Crippen LogP contribution in [0.25, 0.3) is 0 Å². The van der Waals surface area contributed by atoms with Gasteiger partial charge in [-0.05, 0) is 13.0 Å². The molecule has 0 radical (unpaired) electrons. The van der Waals surface area contributed by atoms with Gasteiger partial charge in [0.25, 0.3) is 0 Å². The lowest BCUT2D eigenvalue weighted by Crippen LogP contribution is -2.48. The van der Waals surface area contributed by atoms with E-state index >= 15 is 0 Å². The summed E-state index contributed by atoms with van der Waals surface area (Å²) in [5.74, 6) is 1.43. The standard InChI is InChI=1S/C10H15N5O/c1-2-11-10-13-4-3-8(14-10)15-6-5-12-9(16)7-15/h3-4H,2,5-7H2,1H3,(H,12,16)(H,11,13,14). The average molecular weight is 221 g/mol. The molecular formula is C10H15N5O. The molecule has 6 nitrogen and oxygen atoms in total. The molecule has 0 aromatic carbocycles. The minimum atomic E-state index is 0.0369. The molecule has 2 rings (SSSR count). The fraction of sp³-hybridized carbons (Fsp3) is 0.500. The van der Waals surface area contributed by atoms with Crippen LogP contribution >= 0.6 is 0 Å². The van der Waals surface area contributed by atoms with Gasteiger partial charge in [0, 0.05) is 25.8 Å². The molecule has 2 heterocycles. The number of aromatic nitrogens is 2. The highest BCUT2D eigenvalue weighted by molar-refractivity contribution is 5.82. The van der Waals surface area contributed by atoms with E-state index in [1.165, 1.54) is 0 Å². The first kappa shape index (κ1) is 10.7. The van der Waals surface area contributed by atoms with E-state index < -0.39 is 0 Å². The van der Waals surface area contributed by atoms with E-state index in [-0.39, 0.29) is 5.91 Å². The number of amides is 1. The molecule has 1 saturated heterocycles. The topological polar surface area (TPSA) is 70.2 Å². The maximum Gasteiger partial charge on any atom is 0.239 e. The summed E-state index contributed by atoms with van der Waals surface area (Å²) in [7, 11) is 0. The SMILES string of the molecule is CCNc1nccc(N2CCNC(=O)C2)n1. The Labute approximate surface area is 94.1 Å². The molecule has 0 spiro atoms. The highest BCUT2D eigenvalue weighted by Gasteiger charge is 2.17. The predicted octanol–water partition coefficient (Wildman–Crippen LogP) is -0.155. The quantitative estimate of drug-likeness (QED) is 0.742. The van der Waals surface area contributed by atoms with Crippen LogP contribution in [0, 0.1) is 0 Å². The van der Waals surface area contributed by atoms with Crippen LogP contribution in [0.4, 0.5) is 11.8 Å². The monoisotopic (exact) mass is 221 g/mol. The number of anilines is 2. The number of carbonyl (C=O) groups excluding carboxylic acids is 1. The largest absolute Gasteiger partial charge is 0.354 e. The van der Waals surface area contributed by atoms with Gasteiger partial charge in [-0.25, -0.2) is 4.98 Å². The Bertz CT molecular complexity index is 381. The van der Waals surface area contributed by atoms with Gasteiger partial charge in [0.1, 0.15) is 5.82 Å². The molecule has 1 aromatic rings. The molecule has 0 atom stereocenters. The van der Waals surface area contributed by atoms with E-state index in [0.29, 0.717) is 19.0 Å². The van der Waals surface area contributed by atoms with Gasteiger partial charge in [0.2, 0.25) is 11.9 Å². The Morgan fingerprint density at radius 2 is 2.50 bits per heavy atom. The van der Waals surface area contributed by atoms with Crippen molar-refractivity contribution in [2.45, 2.75) is 6.92 Å². The zero-order valence-corrected chi connectivity index (χ0v) is 9.23. The van der Waals surface area contributed by atoms with Crippen LogP contribution in [0.15, 0.2) is 12.3 Å². The number of rotatable bonds is 3. The maximum atomic E-state index is 11.2. The Hall–Kier alpha value is -1.85. The van der Waals surface area contributed by atoms with E-state index in [2.05, 4.69) is 20.6 Å². The molecule has 1 amide bonds. The van der Waals surface area contributed by atoms with Gasteiger partial charge in [-0.2, -0.15) is 4.98 Å². The third-order valence-corrected chi connectivity index (χ3v) is 2.34. The van der Waals surface area contributed by atoms with E-state index in [1.807, 2.05) is 17.9 Å². The summed E-state index contributed by atoms with van der Waals surface area (Å²) in [6.45, 7) is 4.59. The van der Waals surface area contributed by atoms with Crippen LogP contribution in [0.5, 0.6) is 0 Å². The van der Waals surface area contributed by atoms with E-state index in [9.17, 15) is 4.79 Å². The summed E-state index contributed by atoms with van der Waals surface area (Å²) in [4.78, 5) is 21.6. The van der Waals surface area contributed by atoms with E-state index in [4.69, 9.17) is 0 Å². The minimum Gasteiger partial charge on any atom is -0.354 e. The molecule has 6 heteroatoms. The highest BCUT2D eigenvalue weighted by Crippen LogP contribution is 2.12. The molecular weight excluding hydrogens is 206 g/mol. The summed E-state index contributed by atoms with van der Waals surface area (Å²) in [6, 6.07) is 1.82. The van der Waals surface area contributed by atoms with Gasteiger partial charge in [-0.15, -0.1) is 0 Å². The molecule has 16 heavy (non-hydrogen) atoms. The van der Waals surface area contributed by atoms with Crippen molar-refractivity contribution in [1.29, 1.82) is 0 Å². The van der Waals surface area contributed by atoms with Crippen LogP contribution in [-0.4, -0.2) is 42.1 Å². The van der Waals surface area contributed by atoms with E-state index in [0.717, 1.165) is 18.9 Å². The lowest BCUT2D eigenvalue weighted by atomic mass is 10.3. The van der Waals surface area contributed by atoms with Crippen LogP contribution < -0.4 is 15.5 Å². The summed E-state index contributed by atoms with van der Waals surface area (Å²) in [5, 5.41) is 5.83. The normalized spacial score (nSPS) is 15.8. The van der Waals surface area contributed by atoms with Gasteiger partial charge in [0.05, 0.1) is 6.54 Å². The first-order chi connectivity index (χ1) is 7.79. The molecule has 0 unspecified atom stereocenters. The van der Waals surface area contributed by atoms with Crippen LogP contribution in [0.2, 0.25) is 0 Å². The Morgan fingerprint density at radius 1 is 1.62 bits per heavy atom. The van der Waals surface area contributed by atoms with Crippen molar-refractivity contribution in [2.24, 2.45) is 0 Å². The lowest BCUT2D eigenvalue weighted by Gasteiger charge is -2.27. The highest BCUT2D eigenvalue weighted by atomic mass is 16.2. The molecule has 86 valence electrons. The van der Waals surface area contributed by atoms with Gasteiger partial charge in [0.15, 0.2) is 0 Å². The minimum absolute atomic E-state index is 0.0369. The Balaban J connectivity index is 2.12. The summed E-state index contributed by atoms with van der Waals surface area (Å²) < 4.78 is 0. The second-order valence-electron chi connectivity index (χ2n) is 3.54. The lowest BCUT2D eigenvalue weighted by molar-refractivity contribution is -0.120. The summed E-state index contributed by atoms with van der Waals surface area (Å²) in [5.41, 5.74) is 0. The Kier molecular flexibility index (Phi) is 3.19. The number of nitrogens with one attached hydrogen (secondary N) is 2. The second kappa shape index (κ2) is 4.78. The third-order valence-electron chi connectivity index (χ3n) is 2.34. The smallest absolute Gasteiger partial charge is 0.239 e. The third kappa shape index (κ3) is 2.39. The van der Waals surface area contributed by atoms with Gasteiger partial charge in [-0.3, -0.25) is 4.79 Å².